The number of unbranched alkanes of at least 4 members (excludes halogenated alkanes) is 2. The van der Waals surface area contributed by atoms with Gasteiger partial charge in [-0.05, 0) is 24.1 Å². The fraction of sp³-hybridized carbons (Fsp3) is 0.500. The van der Waals surface area contributed by atoms with E-state index in [1.165, 1.54) is 18.4 Å². The molecule has 0 spiro atoms. The molecule has 0 amide bonds. The Morgan fingerprint density at radius 2 is 1.86 bits per heavy atom. The lowest BCUT2D eigenvalue weighted by atomic mass is 10.2. The molecular formula is C12H17ClO. The molecule has 0 atom stereocenters. The van der Waals surface area contributed by atoms with Gasteiger partial charge in [-0.1, -0.05) is 43.5 Å². The standard InChI is InChI=1S/C12H17ClO/c1-2-3-4-9-14-10-11-5-7-12(13)8-6-11/h5-8H,2-4,9-10H2,1H3. The summed E-state index contributed by atoms with van der Waals surface area (Å²) in [5, 5.41) is 0.778. The summed E-state index contributed by atoms with van der Waals surface area (Å²) in [4.78, 5) is 0. The Hall–Kier alpha value is -0.530. The monoisotopic (exact) mass is 212 g/mol. The molecule has 2 heteroatoms. The van der Waals surface area contributed by atoms with E-state index in [0.29, 0.717) is 6.61 Å². The van der Waals surface area contributed by atoms with Crippen LogP contribution in [-0.2, 0) is 11.3 Å². The molecule has 0 radical (unpaired) electrons. The van der Waals surface area contributed by atoms with Crippen LogP contribution in [-0.4, -0.2) is 6.61 Å². The van der Waals surface area contributed by atoms with Crippen LogP contribution in [0, 0.1) is 0 Å². The molecule has 1 aromatic rings. The third-order valence-corrected chi connectivity index (χ3v) is 2.33. The number of ether oxygens (including phenoxy) is 1. The molecule has 0 aliphatic carbocycles. The summed E-state index contributed by atoms with van der Waals surface area (Å²) in [7, 11) is 0. The minimum absolute atomic E-state index is 0.695. The van der Waals surface area contributed by atoms with Gasteiger partial charge in [0.25, 0.3) is 0 Å². The summed E-state index contributed by atoms with van der Waals surface area (Å²) >= 11 is 5.77. The van der Waals surface area contributed by atoms with Gasteiger partial charge < -0.3 is 4.74 Å². The minimum atomic E-state index is 0.695. The zero-order valence-corrected chi connectivity index (χ0v) is 9.39. The first-order chi connectivity index (χ1) is 6.83. The van der Waals surface area contributed by atoms with Crippen LogP contribution in [0.15, 0.2) is 24.3 Å². The average molecular weight is 213 g/mol. The zero-order valence-electron chi connectivity index (χ0n) is 8.63. The van der Waals surface area contributed by atoms with Gasteiger partial charge in [0.2, 0.25) is 0 Å². The van der Waals surface area contributed by atoms with Crippen LogP contribution in [0.1, 0.15) is 31.7 Å². The van der Waals surface area contributed by atoms with Crippen molar-refractivity contribution in [3.05, 3.63) is 34.9 Å². The summed E-state index contributed by atoms with van der Waals surface area (Å²) in [6.07, 6.45) is 3.65. The first-order valence-electron chi connectivity index (χ1n) is 5.15. The molecule has 1 aromatic carbocycles. The van der Waals surface area contributed by atoms with Crippen LogP contribution in [0.25, 0.3) is 0 Å². The zero-order chi connectivity index (χ0) is 10.2. The summed E-state index contributed by atoms with van der Waals surface area (Å²) in [6, 6.07) is 7.79. The Kier molecular flexibility index (Phi) is 5.65. The fourth-order valence-electron chi connectivity index (χ4n) is 1.22. The highest BCUT2D eigenvalue weighted by Crippen LogP contribution is 2.10. The molecule has 0 N–H and O–H groups in total. The van der Waals surface area contributed by atoms with Gasteiger partial charge in [0.05, 0.1) is 6.61 Å². The molecule has 1 nitrogen and oxygen atoms in total. The second-order valence-electron chi connectivity index (χ2n) is 3.39. The van der Waals surface area contributed by atoms with Crippen molar-refractivity contribution in [3.63, 3.8) is 0 Å². The Morgan fingerprint density at radius 1 is 1.14 bits per heavy atom. The number of hydrogen-bond acceptors (Lipinski definition) is 1. The largest absolute Gasteiger partial charge is 0.377 e. The smallest absolute Gasteiger partial charge is 0.0716 e. The topological polar surface area (TPSA) is 9.23 Å². The maximum absolute atomic E-state index is 5.77. The van der Waals surface area contributed by atoms with Crippen molar-refractivity contribution in [2.75, 3.05) is 6.61 Å². The van der Waals surface area contributed by atoms with Crippen LogP contribution in [0.5, 0.6) is 0 Å². The van der Waals surface area contributed by atoms with Crippen molar-refractivity contribution in [3.8, 4) is 0 Å². The summed E-state index contributed by atoms with van der Waals surface area (Å²) in [5.74, 6) is 0. The van der Waals surface area contributed by atoms with Crippen molar-refractivity contribution < 1.29 is 4.74 Å². The second kappa shape index (κ2) is 6.86. The molecule has 0 fully saturated rings. The first-order valence-corrected chi connectivity index (χ1v) is 5.53. The highest BCUT2D eigenvalue weighted by atomic mass is 35.5. The number of benzene rings is 1. The van der Waals surface area contributed by atoms with E-state index in [4.69, 9.17) is 16.3 Å². The maximum atomic E-state index is 5.77. The molecule has 14 heavy (non-hydrogen) atoms. The molecule has 0 aliphatic rings. The molecule has 1 rings (SSSR count). The quantitative estimate of drug-likeness (QED) is 0.647. The Labute approximate surface area is 91.0 Å². The third kappa shape index (κ3) is 4.64. The van der Waals surface area contributed by atoms with E-state index in [-0.39, 0.29) is 0 Å². The Balaban J connectivity index is 2.15. The molecule has 0 aromatic heterocycles. The summed E-state index contributed by atoms with van der Waals surface area (Å²) in [6.45, 7) is 3.75. The SMILES string of the molecule is CCCCCOCc1ccc(Cl)cc1. The second-order valence-corrected chi connectivity index (χ2v) is 3.82. The molecule has 0 saturated carbocycles. The molecule has 78 valence electrons. The predicted molar refractivity (Wildman–Crippen MR) is 60.6 cm³/mol. The lowest BCUT2D eigenvalue weighted by molar-refractivity contribution is 0.117. The van der Waals surface area contributed by atoms with E-state index in [9.17, 15) is 0 Å². The molecule has 0 unspecified atom stereocenters. The molecule has 0 saturated heterocycles. The van der Waals surface area contributed by atoms with Crippen LogP contribution in [0.2, 0.25) is 5.02 Å². The first kappa shape index (κ1) is 11.5. The minimum Gasteiger partial charge on any atom is -0.377 e. The number of rotatable bonds is 6. The highest BCUT2D eigenvalue weighted by Gasteiger charge is 1.93. The van der Waals surface area contributed by atoms with Gasteiger partial charge >= 0.3 is 0 Å². The van der Waals surface area contributed by atoms with Crippen molar-refractivity contribution in [2.24, 2.45) is 0 Å². The highest BCUT2D eigenvalue weighted by molar-refractivity contribution is 6.30. The molecular weight excluding hydrogens is 196 g/mol. The van der Waals surface area contributed by atoms with Crippen molar-refractivity contribution in [1.82, 2.24) is 0 Å². The number of hydrogen-bond donors (Lipinski definition) is 0. The normalized spacial score (nSPS) is 10.4. The van der Waals surface area contributed by atoms with Gasteiger partial charge in [0.1, 0.15) is 0 Å². The van der Waals surface area contributed by atoms with Crippen molar-refractivity contribution in [1.29, 1.82) is 0 Å². The van der Waals surface area contributed by atoms with E-state index in [2.05, 4.69) is 6.92 Å². The van der Waals surface area contributed by atoms with Crippen LogP contribution in [0.3, 0.4) is 0 Å². The van der Waals surface area contributed by atoms with E-state index >= 15 is 0 Å². The lowest BCUT2D eigenvalue weighted by Gasteiger charge is -2.03. The average Bonchev–Trinajstić information content (AvgIpc) is 2.21. The van der Waals surface area contributed by atoms with Gasteiger partial charge in [-0.15, -0.1) is 0 Å². The molecule has 0 bridgehead atoms. The van der Waals surface area contributed by atoms with Crippen LogP contribution >= 0.6 is 11.6 Å². The molecule has 0 aliphatic heterocycles. The predicted octanol–water partition coefficient (Wildman–Crippen LogP) is 4.05. The van der Waals surface area contributed by atoms with E-state index in [1.807, 2.05) is 24.3 Å². The summed E-state index contributed by atoms with van der Waals surface area (Å²) < 4.78 is 5.52. The van der Waals surface area contributed by atoms with Crippen LogP contribution < -0.4 is 0 Å². The van der Waals surface area contributed by atoms with Crippen molar-refractivity contribution in [2.45, 2.75) is 32.8 Å². The fourth-order valence-corrected chi connectivity index (χ4v) is 1.35. The third-order valence-electron chi connectivity index (χ3n) is 2.07. The van der Waals surface area contributed by atoms with Gasteiger partial charge in [-0.2, -0.15) is 0 Å². The van der Waals surface area contributed by atoms with E-state index in [0.717, 1.165) is 18.1 Å². The van der Waals surface area contributed by atoms with Gasteiger partial charge in [0.15, 0.2) is 0 Å². The van der Waals surface area contributed by atoms with Crippen molar-refractivity contribution >= 4 is 11.6 Å². The van der Waals surface area contributed by atoms with Gasteiger partial charge in [-0.3, -0.25) is 0 Å². The van der Waals surface area contributed by atoms with Crippen LogP contribution in [0.4, 0.5) is 0 Å². The van der Waals surface area contributed by atoms with Gasteiger partial charge in [-0.25, -0.2) is 0 Å². The Bertz CT molecular complexity index is 243. The summed E-state index contributed by atoms with van der Waals surface area (Å²) in [5.41, 5.74) is 1.19. The Morgan fingerprint density at radius 3 is 2.50 bits per heavy atom. The van der Waals surface area contributed by atoms with E-state index in [1.54, 1.807) is 0 Å². The maximum Gasteiger partial charge on any atom is 0.0716 e. The molecule has 0 heterocycles. The number of halogens is 1. The lowest BCUT2D eigenvalue weighted by Crippen LogP contribution is -1.95. The van der Waals surface area contributed by atoms with Gasteiger partial charge in [0, 0.05) is 11.6 Å². The van der Waals surface area contributed by atoms with E-state index < -0.39 is 0 Å².